The summed E-state index contributed by atoms with van der Waals surface area (Å²) < 4.78 is 7.22. The number of hydrogen-bond donors (Lipinski definition) is 0. The Morgan fingerprint density at radius 3 is 1.89 bits per heavy atom. The molecule has 4 aromatic rings. The Balaban J connectivity index is 1.86. The van der Waals surface area contributed by atoms with Gasteiger partial charge in [0.2, 0.25) is 0 Å². The molecule has 0 N–H and O–H groups in total. The summed E-state index contributed by atoms with van der Waals surface area (Å²) >= 11 is 10.2. The fourth-order valence-corrected chi connectivity index (χ4v) is 5.35. The number of benzene rings is 4. The van der Waals surface area contributed by atoms with Gasteiger partial charge in [-0.2, -0.15) is 0 Å². The highest BCUT2D eigenvalue weighted by molar-refractivity contribution is 9.10. The lowest BCUT2D eigenvalue weighted by atomic mass is 9.66. The number of hydrogen-bond acceptors (Lipinski definition) is 1. The van der Waals surface area contributed by atoms with Crippen LogP contribution in [-0.4, -0.2) is 0 Å². The van der Waals surface area contributed by atoms with Crippen molar-refractivity contribution >= 4 is 27.5 Å². The standard InChI is InChI=1S/C25H14BrClO/c26-21-13-16-15-7-1-2-8-17(15)25(20(16)14-22(21)27)18-9-3-5-11-23(18)28-24-12-6-4-10-19(24)25/h1-14H. The van der Waals surface area contributed by atoms with Crippen LogP contribution in [0.5, 0.6) is 11.5 Å². The Bertz CT molecular complexity index is 1230. The first-order valence-electron chi connectivity index (χ1n) is 9.17. The van der Waals surface area contributed by atoms with Crippen molar-refractivity contribution in [2.75, 3.05) is 0 Å². The molecule has 0 atom stereocenters. The number of para-hydroxylation sites is 2. The third kappa shape index (κ3) is 1.92. The van der Waals surface area contributed by atoms with Crippen LogP contribution < -0.4 is 4.74 Å². The van der Waals surface area contributed by atoms with E-state index in [0.717, 1.165) is 27.1 Å². The van der Waals surface area contributed by atoms with Crippen molar-refractivity contribution in [2.24, 2.45) is 0 Å². The zero-order chi connectivity index (χ0) is 18.9. The van der Waals surface area contributed by atoms with E-state index in [4.69, 9.17) is 16.3 Å². The van der Waals surface area contributed by atoms with Crippen molar-refractivity contribution in [3.8, 4) is 22.6 Å². The van der Waals surface area contributed by atoms with Gasteiger partial charge in [0.1, 0.15) is 11.5 Å². The molecule has 0 bridgehead atoms. The number of ether oxygens (including phenoxy) is 1. The maximum absolute atomic E-state index is 6.61. The number of rotatable bonds is 0. The van der Waals surface area contributed by atoms with Crippen LogP contribution in [0.15, 0.2) is 89.4 Å². The van der Waals surface area contributed by atoms with E-state index in [-0.39, 0.29) is 0 Å². The summed E-state index contributed by atoms with van der Waals surface area (Å²) in [4.78, 5) is 0. The van der Waals surface area contributed by atoms with Gasteiger partial charge in [0, 0.05) is 15.6 Å². The van der Waals surface area contributed by atoms with Crippen LogP contribution in [-0.2, 0) is 5.41 Å². The Morgan fingerprint density at radius 1 is 0.643 bits per heavy atom. The number of fused-ring (bicyclic) bond motifs is 9. The molecule has 134 valence electrons. The van der Waals surface area contributed by atoms with Gasteiger partial charge in [0.25, 0.3) is 0 Å². The lowest BCUT2D eigenvalue weighted by Gasteiger charge is -2.39. The van der Waals surface area contributed by atoms with Crippen LogP contribution in [0.4, 0.5) is 0 Å². The normalized spacial score (nSPS) is 14.6. The van der Waals surface area contributed by atoms with Crippen molar-refractivity contribution in [1.82, 2.24) is 0 Å². The van der Waals surface area contributed by atoms with Gasteiger partial charge in [0.05, 0.1) is 10.4 Å². The van der Waals surface area contributed by atoms with Crippen LogP contribution in [0.3, 0.4) is 0 Å². The predicted molar refractivity (Wildman–Crippen MR) is 117 cm³/mol. The van der Waals surface area contributed by atoms with Crippen LogP contribution in [0.25, 0.3) is 11.1 Å². The van der Waals surface area contributed by atoms with E-state index < -0.39 is 5.41 Å². The molecule has 1 spiro atoms. The van der Waals surface area contributed by atoms with Crippen LogP contribution in [0, 0.1) is 0 Å². The SMILES string of the molecule is Clc1cc2c(cc1Br)-c1ccccc1C21c2ccccc2Oc2ccccc21. The molecule has 0 aromatic heterocycles. The van der Waals surface area contributed by atoms with Crippen molar-refractivity contribution in [3.63, 3.8) is 0 Å². The molecule has 0 saturated carbocycles. The Labute approximate surface area is 176 Å². The van der Waals surface area contributed by atoms with E-state index >= 15 is 0 Å². The first kappa shape index (κ1) is 16.4. The van der Waals surface area contributed by atoms with Crippen LogP contribution >= 0.6 is 27.5 Å². The third-order valence-corrected chi connectivity index (χ3v) is 7.08. The van der Waals surface area contributed by atoms with Gasteiger partial charge in [-0.15, -0.1) is 0 Å². The topological polar surface area (TPSA) is 9.23 Å². The summed E-state index contributed by atoms with van der Waals surface area (Å²) in [6.07, 6.45) is 0. The van der Waals surface area contributed by atoms with E-state index in [1.54, 1.807) is 0 Å². The zero-order valence-electron chi connectivity index (χ0n) is 14.7. The number of halogens is 2. The minimum absolute atomic E-state index is 0.443. The second kappa shape index (κ2) is 5.73. The van der Waals surface area contributed by atoms with E-state index in [1.165, 1.54) is 22.3 Å². The molecule has 1 aliphatic heterocycles. The summed E-state index contributed by atoms with van der Waals surface area (Å²) in [6, 6.07) is 29.6. The molecule has 3 heteroatoms. The molecule has 4 aromatic carbocycles. The predicted octanol–water partition coefficient (Wildman–Crippen LogP) is 7.57. The largest absolute Gasteiger partial charge is 0.457 e. The second-order valence-electron chi connectivity index (χ2n) is 7.20. The van der Waals surface area contributed by atoms with Gasteiger partial charge in [-0.25, -0.2) is 0 Å². The van der Waals surface area contributed by atoms with Gasteiger partial charge in [-0.3, -0.25) is 0 Å². The molecule has 0 amide bonds. The van der Waals surface area contributed by atoms with Gasteiger partial charge < -0.3 is 4.74 Å². The lowest BCUT2D eigenvalue weighted by Crippen LogP contribution is -2.32. The molecular formula is C25H14BrClO. The highest BCUT2D eigenvalue weighted by Gasteiger charge is 2.51. The van der Waals surface area contributed by atoms with E-state index in [9.17, 15) is 0 Å². The molecule has 0 unspecified atom stereocenters. The van der Waals surface area contributed by atoms with Crippen LogP contribution in [0.2, 0.25) is 5.02 Å². The Morgan fingerprint density at radius 2 is 1.21 bits per heavy atom. The van der Waals surface area contributed by atoms with Gasteiger partial charge in [-0.1, -0.05) is 72.3 Å². The van der Waals surface area contributed by atoms with E-state index in [1.807, 2.05) is 24.3 Å². The molecule has 28 heavy (non-hydrogen) atoms. The van der Waals surface area contributed by atoms with Crippen molar-refractivity contribution in [2.45, 2.75) is 5.41 Å². The molecule has 1 heterocycles. The maximum atomic E-state index is 6.61. The summed E-state index contributed by atoms with van der Waals surface area (Å²) in [5, 5.41) is 0.715. The molecule has 0 fully saturated rings. The Kier molecular flexibility index (Phi) is 3.36. The van der Waals surface area contributed by atoms with Crippen molar-refractivity contribution < 1.29 is 4.74 Å². The van der Waals surface area contributed by atoms with E-state index in [2.05, 4.69) is 76.6 Å². The highest BCUT2D eigenvalue weighted by Crippen LogP contribution is 2.62. The fourth-order valence-electron chi connectivity index (χ4n) is 4.84. The first-order valence-corrected chi connectivity index (χ1v) is 10.3. The molecule has 2 aliphatic rings. The minimum atomic E-state index is -0.443. The molecule has 6 rings (SSSR count). The third-order valence-electron chi connectivity index (χ3n) is 5.89. The maximum Gasteiger partial charge on any atom is 0.132 e. The molecule has 1 aliphatic carbocycles. The average molecular weight is 446 g/mol. The van der Waals surface area contributed by atoms with Gasteiger partial charge in [0.15, 0.2) is 0 Å². The van der Waals surface area contributed by atoms with Crippen molar-refractivity contribution in [1.29, 1.82) is 0 Å². The summed E-state index contributed by atoms with van der Waals surface area (Å²) in [6.45, 7) is 0. The van der Waals surface area contributed by atoms with Gasteiger partial charge >= 0.3 is 0 Å². The summed E-state index contributed by atoms with van der Waals surface area (Å²) in [7, 11) is 0. The monoisotopic (exact) mass is 444 g/mol. The lowest BCUT2D eigenvalue weighted by molar-refractivity contribution is 0.436. The average Bonchev–Trinajstić information content (AvgIpc) is 2.99. The quantitative estimate of drug-likeness (QED) is 0.234. The Hall–Kier alpha value is -2.55. The molecule has 0 saturated heterocycles. The van der Waals surface area contributed by atoms with Crippen LogP contribution in [0.1, 0.15) is 22.3 Å². The summed E-state index contributed by atoms with van der Waals surface area (Å²) in [5.41, 5.74) is 6.77. The first-order chi connectivity index (χ1) is 13.7. The minimum Gasteiger partial charge on any atom is -0.457 e. The fraction of sp³-hybridized carbons (Fsp3) is 0.0400. The molecular weight excluding hydrogens is 432 g/mol. The molecule has 1 nitrogen and oxygen atoms in total. The van der Waals surface area contributed by atoms with Crippen molar-refractivity contribution in [3.05, 3.63) is 117 Å². The summed E-state index contributed by atoms with van der Waals surface area (Å²) in [5.74, 6) is 1.78. The highest BCUT2D eigenvalue weighted by atomic mass is 79.9. The second-order valence-corrected chi connectivity index (χ2v) is 8.46. The molecule has 0 radical (unpaired) electrons. The van der Waals surface area contributed by atoms with Gasteiger partial charge in [-0.05, 0) is 62.4 Å². The zero-order valence-corrected chi connectivity index (χ0v) is 17.1. The smallest absolute Gasteiger partial charge is 0.132 e. The van der Waals surface area contributed by atoms with E-state index in [0.29, 0.717) is 5.02 Å².